The Morgan fingerprint density at radius 2 is 1.61 bits per heavy atom. The summed E-state index contributed by atoms with van der Waals surface area (Å²) >= 11 is 0. The van der Waals surface area contributed by atoms with Gasteiger partial charge in [0.2, 0.25) is 11.8 Å². The van der Waals surface area contributed by atoms with E-state index in [1.807, 2.05) is 19.1 Å². The van der Waals surface area contributed by atoms with Gasteiger partial charge in [-0.05, 0) is 26.0 Å². The number of nitrogens with one attached hydrogen (secondary N) is 1. The lowest BCUT2D eigenvalue weighted by atomic mass is 10.2. The van der Waals surface area contributed by atoms with E-state index in [1.54, 1.807) is 19.1 Å². The standard InChI is InChI=1S/C19H15F3N6/c1-9-3-5-11(6-4-9)25-18-16(22)17(23)26-19(27-18)28-10(2)24-14-7-12(20)13(21)8-15(14)28/h3-8H,1-2H3,(H3,23,25,26,27). The molecular weight excluding hydrogens is 369 g/mol. The lowest BCUT2D eigenvalue weighted by Crippen LogP contribution is -2.10. The number of anilines is 3. The molecule has 28 heavy (non-hydrogen) atoms. The molecular formula is C19H15F3N6. The summed E-state index contributed by atoms with van der Waals surface area (Å²) in [7, 11) is 0. The van der Waals surface area contributed by atoms with Crippen LogP contribution >= 0.6 is 0 Å². The third-order valence-corrected chi connectivity index (χ3v) is 4.24. The molecule has 4 rings (SSSR count). The van der Waals surface area contributed by atoms with Crippen LogP contribution in [0.1, 0.15) is 11.4 Å². The number of hydrogen-bond acceptors (Lipinski definition) is 5. The number of nitrogens with two attached hydrogens (primary N) is 1. The average Bonchev–Trinajstić information content (AvgIpc) is 2.96. The van der Waals surface area contributed by atoms with E-state index in [-0.39, 0.29) is 28.6 Å². The van der Waals surface area contributed by atoms with E-state index in [0.29, 0.717) is 11.5 Å². The molecule has 0 radical (unpaired) electrons. The van der Waals surface area contributed by atoms with Gasteiger partial charge in [-0.2, -0.15) is 14.4 Å². The van der Waals surface area contributed by atoms with Gasteiger partial charge in [0.05, 0.1) is 11.0 Å². The van der Waals surface area contributed by atoms with Crippen molar-refractivity contribution in [3.05, 3.63) is 65.2 Å². The van der Waals surface area contributed by atoms with Crippen LogP contribution in [0.25, 0.3) is 17.0 Å². The van der Waals surface area contributed by atoms with E-state index >= 15 is 0 Å². The second-order valence-corrected chi connectivity index (χ2v) is 6.31. The van der Waals surface area contributed by atoms with Crippen LogP contribution in [0.4, 0.5) is 30.5 Å². The number of nitrogen functional groups attached to an aromatic ring is 1. The first-order chi connectivity index (χ1) is 13.3. The molecule has 0 saturated heterocycles. The Balaban J connectivity index is 1.86. The molecule has 4 aromatic rings. The highest BCUT2D eigenvalue weighted by Crippen LogP contribution is 2.26. The Bertz CT molecular complexity index is 1200. The largest absolute Gasteiger partial charge is 0.381 e. The van der Waals surface area contributed by atoms with Gasteiger partial charge in [-0.1, -0.05) is 17.7 Å². The molecule has 0 unspecified atom stereocenters. The van der Waals surface area contributed by atoms with Crippen LogP contribution in [-0.4, -0.2) is 19.5 Å². The number of fused-ring (bicyclic) bond motifs is 1. The quantitative estimate of drug-likeness (QED) is 0.554. The smallest absolute Gasteiger partial charge is 0.239 e. The fourth-order valence-corrected chi connectivity index (χ4v) is 2.85. The molecule has 3 N–H and O–H groups in total. The lowest BCUT2D eigenvalue weighted by molar-refractivity contribution is 0.510. The van der Waals surface area contributed by atoms with E-state index < -0.39 is 17.5 Å². The van der Waals surface area contributed by atoms with E-state index in [2.05, 4.69) is 20.3 Å². The molecule has 0 saturated carbocycles. The van der Waals surface area contributed by atoms with Crippen molar-refractivity contribution in [3.63, 3.8) is 0 Å². The minimum absolute atomic E-state index is 0.0143. The number of rotatable bonds is 3. The summed E-state index contributed by atoms with van der Waals surface area (Å²) < 4.78 is 43.1. The summed E-state index contributed by atoms with van der Waals surface area (Å²) in [5.74, 6) is -3.05. The second-order valence-electron chi connectivity index (χ2n) is 6.31. The summed E-state index contributed by atoms with van der Waals surface area (Å²) in [6.07, 6.45) is 0. The number of aryl methyl sites for hydroxylation is 2. The van der Waals surface area contributed by atoms with Gasteiger partial charge in [-0.15, -0.1) is 0 Å². The van der Waals surface area contributed by atoms with Gasteiger partial charge in [0.15, 0.2) is 23.3 Å². The monoisotopic (exact) mass is 384 g/mol. The molecule has 0 amide bonds. The van der Waals surface area contributed by atoms with Crippen molar-refractivity contribution >= 4 is 28.4 Å². The van der Waals surface area contributed by atoms with Crippen molar-refractivity contribution in [2.75, 3.05) is 11.1 Å². The second kappa shape index (κ2) is 6.52. The molecule has 0 atom stereocenters. The first kappa shape index (κ1) is 17.8. The zero-order valence-corrected chi connectivity index (χ0v) is 15.0. The molecule has 0 aliphatic carbocycles. The molecule has 0 bridgehead atoms. The molecule has 0 spiro atoms. The summed E-state index contributed by atoms with van der Waals surface area (Å²) in [4.78, 5) is 12.3. The first-order valence-corrected chi connectivity index (χ1v) is 8.34. The molecule has 9 heteroatoms. The van der Waals surface area contributed by atoms with Crippen molar-refractivity contribution in [2.45, 2.75) is 13.8 Å². The topological polar surface area (TPSA) is 81.7 Å². The van der Waals surface area contributed by atoms with Crippen LogP contribution in [-0.2, 0) is 0 Å². The number of hydrogen-bond donors (Lipinski definition) is 2. The Morgan fingerprint density at radius 1 is 0.929 bits per heavy atom. The summed E-state index contributed by atoms with van der Waals surface area (Å²) in [6.45, 7) is 3.55. The van der Waals surface area contributed by atoms with Crippen molar-refractivity contribution in [2.24, 2.45) is 0 Å². The average molecular weight is 384 g/mol. The Kier molecular flexibility index (Phi) is 4.14. The zero-order chi connectivity index (χ0) is 20.0. The highest BCUT2D eigenvalue weighted by Gasteiger charge is 2.19. The van der Waals surface area contributed by atoms with E-state index in [0.717, 1.165) is 17.7 Å². The van der Waals surface area contributed by atoms with Gasteiger partial charge >= 0.3 is 0 Å². The van der Waals surface area contributed by atoms with Gasteiger partial charge in [0, 0.05) is 17.8 Å². The van der Waals surface area contributed by atoms with Crippen LogP contribution < -0.4 is 11.1 Å². The summed E-state index contributed by atoms with van der Waals surface area (Å²) in [5, 5.41) is 2.86. The number of halogens is 3. The Hall–Kier alpha value is -3.62. The van der Waals surface area contributed by atoms with E-state index in [9.17, 15) is 13.2 Å². The molecule has 6 nitrogen and oxygen atoms in total. The molecule has 0 fully saturated rings. The lowest BCUT2D eigenvalue weighted by Gasteiger charge is -2.12. The van der Waals surface area contributed by atoms with Gasteiger partial charge in [-0.3, -0.25) is 4.57 Å². The van der Waals surface area contributed by atoms with Gasteiger partial charge in [-0.25, -0.2) is 13.8 Å². The maximum Gasteiger partial charge on any atom is 0.239 e. The van der Waals surface area contributed by atoms with Crippen LogP contribution in [0.15, 0.2) is 36.4 Å². The van der Waals surface area contributed by atoms with Crippen LogP contribution in [0.5, 0.6) is 0 Å². The summed E-state index contributed by atoms with van der Waals surface area (Å²) in [6, 6.07) is 9.21. The van der Waals surface area contributed by atoms with Gasteiger partial charge in [0.25, 0.3) is 0 Å². The minimum atomic E-state index is -1.04. The van der Waals surface area contributed by atoms with Crippen LogP contribution in [0, 0.1) is 31.3 Å². The fourth-order valence-electron chi connectivity index (χ4n) is 2.85. The van der Waals surface area contributed by atoms with E-state index in [4.69, 9.17) is 5.73 Å². The van der Waals surface area contributed by atoms with Gasteiger partial charge < -0.3 is 11.1 Å². The Morgan fingerprint density at radius 3 is 2.32 bits per heavy atom. The van der Waals surface area contributed by atoms with Crippen molar-refractivity contribution in [1.29, 1.82) is 0 Å². The highest BCUT2D eigenvalue weighted by molar-refractivity contribution is 5.78. The fraction of sp³-hybridized carbons (Fsp3) is 0.105. The van der Waals surface area contributed by atoms with Crippen LogP contribution in [0.2, 0.25) is 0 Å². The molecule has 0 aliphatic heterocycles. The van der Waals surface area contributed by atoms with Crippen molar-refractivity contribution < 1.29 is 13.2 Å². The first-order valence-electron chi connectivity index (χ1n) is 8.34. The number of aromatic nitrogens is 4. The van der Waals surface area contributed by atoms with Crippen molar-refractivity contribution in [3.8, 4) is 5.95 Å². The molecule has 0 aliphatic rings. The predicted octanol–water partition coefficient (Wildman–Crippen LogP) is 4.18. The maximum atomic E-state index is 14.5. The minimum Gasteiger partial charge on any atom is -0.381 e. The van der Waals surface area contributed by atoms with E-state index in [1.165, 1.54) is 4.57 Å². The number of nitrogens with zero attached hydrogens (tertiary/aromatic N) is 4. The maximum absolute atomic E-state index is 14.5. The number of imidazole rings is 1. The predicted molar refractivity (Wildman–Crippen MR) is 100 cm³/mol. The summed E-state index contributed by atoms with van der Waals surface area (Å²) in [5.41, 5.74) is 7.83. The molecule has 2 aromatic heterocycles. The normalized spacial score (nSPS) is 11.2. The van der Waals surface area contributed by atoms with Crippen LogP contribution in [0.3, 0.4) is 0 Å². The molecule has 142 valence electrons. The van der Waals surface area contributed by atoms with Gasteiger partial charge in [0.1, 0.15) is 5.82 Å². The SMILES string of the molecule is Cc1ccc(Nc2nc(-n3c(C)nc4cc(F)c(F)cc43)nc(N)c2F)cc1. The Labute approximate surface area is 157 Å². The third-order valence-electron chi connectivity index (χ3n) is 4.24. The zero-order valence-electron chi connectivity index (χ0n) is 15.0. The third kappa shape index (κ3) is 3.00. The highest BCUT2D eigenvalue weighted by atomic mass is 19.2. The molecule has 2 aromatic carbocycles. The molecule has 2 heterocycles. The van der Waals surface area contributed by atoms with Crippen molar-refractivity contribution in [1.82, 2.24) is 19.5 Å². The number of benzene rings is 2.